The first-order valence-electron chi connectivity index (χ1n) is 8.04. The smallest absolute Gasteiger partial charge is 0.248 e. The Hall–Kier alpha value is -1.92. The number of nitrogens with zero attached hydrogens (tertiary/aromatic N) is 3. The zero-order valence-corrected chi connectivity index (χ0v) is 13.7. The van der Waals surface area contributed by atoms with Crippen molar-refractivity contribution in [2.45, 2.75) is 12.5 Å². The Balaban J connectivity index is 1.90. The van der Waals surface area contributed by atoms with E-state index in [2.05, 4.69) is 18.0 Å². The predicted molar refractivity (Wildman–Crippen MR) is 89.0 cm³/mol. The third-order valence-corrected chi connectivity index (χ3v) is 5.01. The second kappa shape index (κ2) is 6.29. The van der Waals surface area contributed by atoms with Crippen LogP contribution in [0.1, 0.15) is 18.0 Å². The van der Waals surface area contributed by atoms with Crippen molar-refractivity contribution in [3.63, 3.8) is 0 Å². The monoisotopic (exact) mass is 316 g/mol. The van der Waals surface area contributed by atoms with Crippen molar-refractivity contribution >= 4 is 17.5 Å². The van der Waals surface area contributed by atoms with Crippen LogP contribution in [-0.4, -0.2) is 61.9 Å². The normalized spacial score (nSPS) is 26.2. The van der Waals surface area contributed by atoms with Gasteiger partial charge in [-0.3, -0.25) is 19.4 Å². The summed E-state index contributed by atoms with van der Waals surface area (Å²) < 4.78 is 0. The molecule has 2 aliphatic rings. The van der Waals surface area contributed by atoms with E-state index in [0.29, 0.717) is 12.5 Å². The summed E-state index contributed by atoms with van der Waals surface area (Å²) in [5.74, 6) is 0.181. The summed E-state index contributed by atoms with van der Waals surface area (Å²) in [6.07, 6.45) is 1.01. The van der Waals surface area contributed by atoms with Gasteiger partial charge in [0, 0.05) is 25.3 Å². The molecule has 1 aromatic carbocycles. The van der Waals surface area contributed by atoms with Gasteiger partial charge in [-0.25, -0.2) is 0 Å². The molecule has 6 heteroatoms. The molecule has 2 N–H and O–H groups in total. The summed E-state index contributed by atoms with van der Waals surface area (Å²) in [5.41, 5.74) is 8.00. The third kappa shape index (κ3) is 2.96. The number of para-hydroxylation sites is 1. The van der Waals surface area contributed by atoms with Crippen LogP contribution in [0.2, 0.25) is 0 Å². The number of hydrogen-bond acceptors (Lipinski definition) is 5. The van der Waals surface area contributed by atoms with E-state index < -0.39 is 0 Å². The summed E-state index contributed by atoms with van der Waals surface area (Å²) in [5, 5.41) is 0. The minimum Gasteiger partial charge on any atom is -0.353 e. The molecule has 2 unspecified atom stereocenters. The highest BCUT2D eigenvalue weighted by Gasteiger charge is 2.34. The number of likely N-dealkylation sites (N-methyl/N-ethyl adjacent to an activating group) is 1. The van der Waals surface area contributed by atoms with E-state index in [1.165, 1.54) is 10.5 Å². The molecule has 0 spiro atoms. The molecule has 2 aliphatic heterocycles. The number of likely N-dealkylation sites (tertiary alicyclic amines) is 1. The highest BCUT2D eigenvalue weighted by molar-refractivity contribution is 6.02. The average molecular weight is 316 g/mol. The fourth-order valence-electron chi connectivity index (χ4n) is 3.60. The molecule has 1 aromatic rings. The van der Waals surface area contributed by atoms with Gasteiger partial charge in [-0.15, -0.1) is 0 Å². The van der Waals surface area contributed by atoms with Gasteiger partial charge in [-0.1, -0.05) is 18.2 Å². The van der Waals surface area contributed by atoms with Crippen molar-refractivity contribution in [3.8, 4) is 0 Å². The van der Waals surface area contributed by atoms with Crippen molar-refractivity contribution in [1.82, 2.24) is 9.80 Å². The first-order chi connectivity index (χ1) is 11.0. The number of hydrogen-bond donors (Lipinski definition) is 1. The average Bonchev–Trinajstić information content (AvgIpc) is 2.93. The molecular weight excluding hydrogens is 292 g/mol. The zero-order valence-electron chi connectivity index (χ0n) is 13.7. The fraction of sp³-hybridized carbons (Fsp3) is 0.529. The summed E-state index contributed by atoms with van der Waals surface area (Å²) in [7, 11) is 3.65. The molecule has 0 radical (unpaired) electrons. The van der Waals surface area contributed by atoms with E-state index in [4.69, 9.17) is 5.73 Å². The summed E-state index contributed by atoms with van der Waals surface area (Å²) in [6.45, 7) is 2.16. The number of benzene rings is 1. The fourth-order valence-corrected chi connectivity index (χ4v) is 3.60. The first kappa shape index (κ1) is 16.0. The summed E-state index contributed by atoms with van der Waals surface area (Å²) >= 11 is 0. The van der Waals surface area contributed by atoms with Gasteiger partial charge >= 0.3 is 0 Å². The lowest BCUT2D eigenvalue weighted by atomic mass is 9.97. The Kier molecular flexibility index (Phi) is 4.37. The number of imide groups is 1. The van der Waals surface area contributed by atoms with Crippen molar-refractivity contribution < 1.29 is 9.59 Å². The van der Waals surface area contributed by atoms with Gasteiger partial charge < -0.3 is 10.6 Å². The van der Waals surface area contributed by atoms with Crippen LogP contribution >= 0.6 is 0 Å². The van der Waals surface area contributed by atoms with Crippen LogP contribution in [0.3, 0.4) is 0 Å². The SMILES string of the molecule is CN1C(=O)CN(c2ccccc2C2CC(CN)CN2C)CC1=O. The maximum Gasteiger partial charge on any atom is 0.248 e. The molecular formula is C17H24N4O2. The van der Waals surface area contributed by atoms with E-state index in [-0.39, 0.29) is 30.9 Å². The van der Waals surface area contributed by atoms with Crippen LogP contribution in [0.5, 0.6) is 0 Å². The van der Waals surface area contributed by atoms with Crippen LogP contribution in [0.4, 0.5) is 5.69 Å². The topological polar surface area (TPSA) is 69.9 Å². The molecule has 2 amide bonds. The van der Waals surface area contributed by atoms with Gasteiger partial charge in [-0.05, 0) is 37.6 Å². The van der Waals surface area contributed by atoms with E-state index in [9.17, 15) is 9.59 Å². The molecule has 2 heterocycles. The summed E-state index contributed by atoms with van der Waals surface area (Å²) in [4.78, 5) is 29.5. The Labute approximate surface area is 136 Å². The Bertz CT molecular complexity index is 600. The van der Waals surface area contributed by atoms with Crippen molar-refractivity contribution in [2.24, 2.45) is 11.7 Å². The Morgan fingerprint density at radius 2 is 1.78 bits per heavy atom. The molecule has 0 aliphatic carbocycles. The minimum absolute atomic E-state index is 0.157. The van der Waals surface area contributed by atoms with Crippen LogP contribution in [-0.2, 0) is 9.59 Å². The second-order valence-electron chi connectivity index (χ2n) is 6.55. The van der Waals surface area contributed by atoms with E-state index in [1.807, 2.05) is 23.1 Å². The Morgan fingerprint density at radius 1 is 1.13 bits per heavy atom. The number of carbonyl (C=O) groups is 2. The van der Waals surface area contributed by atoms with Gasteiger partial charge in [0.25, 0.3) is 0 Å². The predicted octanol–water partition coefficient (Wildman–Crippen LogP) is 0.443. The van der Waals surface area contributed by atoms with Crippen molar-refractivity contribution in [1.29, 1.82) is 0 Å². The number of piperazine rings is 1. The third-order valence-electron chi connectivity index (χ3n) is 5.01. The van der Waals surface area contributed by atoms with E-state index in [0.717, 1.165) is 18.7 Å². The van der Waals surface area contributed by atoms with Crippen molar-refractivity contribution in [2.75, 3.05) is 45.2 Å². The molecule has 3 rings (SSSR count). The maximum absolute atomic E-state index is 12.0. The highest BCUT2D eigenvalue weighted by Crippen LogP contribution is 2.38. The molecule has 2 fully saturated rings. The number of carbonyl (C=O) groups excluding carboxylic acids is 2. The van der Waals surface area contributed by atoms with Gasteiger partial charge in [0.05, 0.1) is 13.1 Å². The van der Waals surface area contributed by atoms with Gasteiger partial charge in [0.15, 0.2) is 0 Å². The van der Waals surface area contributed by atoms with Gasteiger partial charge in [-0.2, -0.15) is 0 Å². The van der Waals surface area contributed by atoms with Crippen LogP contribution in [0.15, 0.2) is 24.3 Å². The molecule has 0 bridgehead atoms. The second-order valence-corrected chi connectivity index (χ2v) is 6.55. The molecule has 2 saturated heterocycles. The summed E-state index contributed by atoms with van der Waals surface area (Å²) in [6, 6.07) is 8.36. The molecule has 0 saturated carbocycles. The maximum atomic E-state index is 12.0. The van der Waals surface area contributed by atoms with Crippen LogP contribution < -0.4 is 10.6 Å². The highest BCUT2D eigenvalue weighted by atomic mass is 16.2. The largest absolute Gasteiger partial charge is 0.353 e. The minimum atomic E-state index is -0.157. The Morgan fingerprint density at radius 3 is 2.39 bits per heavy atom. The van der Waals surface area contributed by atoms with Crippen LogP contribution in [0.25, 0.3) is 0 Å². The standard InChI is InChI=1S/C17H24N4O2/c1-19-9-12(8-18)7-15(19)13-5-3-4-6-14(13)21-10-16(22)20(2)17(23)11-21/h3-6,12,15H,7-11,18H2,1-2H3. The molecule has 124 valence electrons. The molecule has 23 heavy (non-hydrogen) atoms. The quantitative estimate of drug-likeness (QED) is 0.820. The first-order valence-corrected chi connectivity index (χ1v) is 8.04. The lowest BCUT2D eigenvalue weighted by molar-refractivity contribution is -0.143. The lowest BCUT2D eigenvalue weighted by Crippen LogP contribution is -2.52. The number of nitrogens with two attached hydrogens (primary N) is 1. The lowest BCUT2D eigenvalue weighted by Gasteiger charge is -2.34. The molecule has 6 nitrogen and oxygen atoms in total. The van der Waals surface area contributed by atoms with E-state index >= 15 is 0 Å². The number of amides is 2. The zero-order chi connectivity index (χ0) is 16.6. The van der Waals surface area contributed by atoms with Gasteiger partial charge in [0.1, 0.15) is 0 Å². The molecule has 0 aromatic heterocycles. The number of anilines is 1. The van der Waals surface area contributed by atoms with Crippen molar-refractivity contribution in [3.05, 3.63) is 29.8 Å². The number of rotatable bonds is 3. The molecule has 2 atom stereocenters. The van der Waals surface area contributed by atoms with Gasteiger partial charge in [0.2, 0.25) is 11.8 Å². The van der Waals surface area contributed by atoms with E-state index in [1.54, 1.807) is 7.05 Å². The van der Waals surface area contributed by atoms with Crippen LogP contribution in [0, 0.1) is 5.92 Å².